The average Bonchev–Trinajstić information content (AvgIpc) is 2.83. The molecule has 18 heavy (non-hydrogen) atoms. The summed E-state index contributed by atoms with van der Waals surface area (Å²) in [5, 5.41) is 0. The summed E-state index contributed by atoms with van der Waals surface area (Å²) in [4.78, 5) is 0. The maximum Gasteiger partial charge on any atom is 0.0405 e. The van der Waals surface area contributed by atoms with Crippen LogP contribution in [0.3, 0.4) is 0 Å². The summed E-state index contributed by atoms with van der Waals surface area (Å²) in [6.45, 7) is 4.71. The lowest BCUT2D eigenvalue weighted by Crippen LogP contribution is -2.25. The standard InChI is InChI=1S/C17H30Si/c1-3-5-13-18(14-6-4-2)17-12-11-15-9-7-8-10-16(15)17/h7-10,15-18H,3-6,11-14H2,1-2H3. The van der Waals surface area contributed by atoms with Crippen LogP contribution < -0.4 is 0 Å². The van der Waals surface area contributed by atoms with Gasteiger partial charge in [0.15, 0.2) is 0 Å². The molecule has 0 aromatic heterocycles. The van der Waals surface area contributed by atoms with Crippen molar-refractivity contribution in [2.24, 2.45) is 11.8 Å². The first-order chi connectivity index (χ1) is 8.86. The highest BCUT2D eigenvalue weighted by molar-refractivity contribution is 6.60. The fourth-order valence-corrected chi connectivity index (χ4v) is 8.77. The zero-order chi connectivity index (χ0) is 12.8. The SMILES string of the molecule is CCCC[SiH](CCCC)C1CCC2C=CC=CC21. The molecule has 0 aromatic rings. The quantitative estimate of drug-likeness (QED) is 0.544. The maximum absolute atomic E-state index is 2.54. The van der Waals surface area contributed by atoms with Crippen molar-refractivity contribution < 1.29 is 0 Å². The van der Waals surface area contributed by atoms with E-state index in [0.717, 1.165) is 17.4 Å². The molecule has 1 fully saturated rings. The summed E-state index contributed by atoms with van der Waals surface area (Å²) in [5.74, 6) is 1.83. The van der Waals surface area contributed by atoms with Crippen molar-refractivity contribution >= 4 is 8.80 Å². The molecule has 2 rings (SSSR count). The lowest BCUT2D eigenvalue weighted by atomic mass is 9.92. The van der Waals surface area contributed by atoms with E-state index in [2.05, 4.69) is 38.2 Å². The lowest BCUT2D eigenvalue weighted by Gasteiger charge is -2.29. The van der Waals surface area contributed by atoms with Crippen LogP contribution in [0.25, 0.3) is 0 Å². The molecule has 0 spiro atoms. The first-order valence-corrected chi connectivity index (χ1v) is 10.5. The molecule has 2 aliphatic rings. The monoisotopic (exact) mass is 262 g/mol. The number of allylic oxidation sites excluding steroid dienone is 4. The topological polar surface area (TPSA) is 0 Å². The molecular weight excluding hydrogens is 232 g/mol. The predicted molar refractivity (Wildman–Crippen MR) is 84.8 cm³/mol. The Labute approximate surface area is 115 Å². The molecule has 0 aromatic carbocycles. The van der Waals surface area contributed by atoms with E-state index in [9.17, 15) is 0 Å². The number of unbranched alkanes of at least 4 members (excludes halogenated alkanes) is 2. The molecule has 1 saturated carbocycles. The molecule has 0 saturated heterocycles. The minimum Gasteiger partial charge on any atom is -0.0809 e. The van der Waals surface area contributed by atoms with Crippen LogP contribution in [0.2, 0.25) is 17.6 Å². The average molecular weight is 263 g/mol. The van der Waals surface area contributed by atoms with Gasteiger partial charge in [0.2, 0.25) is 0 Å². The van der Waals surface area contributed by atoms with E-state index in [1.54, 1.807) is 12.1 Å². The summed E-state index contributed by atoms with van der Waals surface area (Å²) >= 11 is 0. The second kappa shape index (κ2) is 7.33. The molecule has 0 aliphatic heterocycles. The van der Waals surface area contributed by atoms with Crippen LogP contribution in [0.15, 0.2) is 24.3 Å². The number of fused-ring (bicyclic) bond motifs is 1. The highest BCUT2D eigenvalue weighted by Crippen LogP contribution is 2.47. The van der Waals surface area contributed by atoms with E-state index in [1.807, 2.05) is 0 Å². The van der Waals surface area contributed by atoms with E-state index < -0.39 is 8.80 Å². The summed E-state index contributed by atoms with van der Waals surface area (Å²) in [5.41, 5.74) is 1.12. The second-order valence-electron chi connectivity index (χ2n) is 6.30. The first kappa shape index (κ1) is 14.1. The Morgan fingerprint density at radius 2 is 1.61 bits per heavy atom. The summed E-state index contributed by atoms with van der Waals surface area (Å²) in [6, 6.07) is 3.23. The van der Waals surface area contributed by atoms with Crippen LogP contribution >= 0.6 is 0 Å². The molecule has 0 amide bonds. The van der Waals surface area contributed by atoms with E-state index in [1.165, 1.54) is 38.5 Å². The Kier molecular flexibility index (Phi) is 5.74. The van der Waals surface area contributed by atoms with Crippen molar-refractivity contribution in [3.8, 4) is 0 Å². The molecule has 102 valence electrons. The normalized spacial score (nSPS) is 30.1. The fraction of sp³-hybridized carbons (Fsp3) is 0.765. The smallest absolute Gasteiger partial charge is 0.0405 e. The number of rotatable bonds is 7. The molecule has 3 atom stereocenters. The van der Waals surface area contributed by atoms with Gasteiger partial charge in [-0.05, 0) is 23.8 Å². The molecule has 0 heterocycles. The molecule has 1 heteroatoms. The third-order valence-corrected chi connectivity index (χ3v) is 9.38. The van der Waals surface area contributed by atoms with Gasteiger partial charge >= 0.3 is 0 Å². The van der Waals surface area contributed by atoms with Gasteiger partial charge in [-0.2, -0.15) is 0 Å². The molecule has 2 aliphatic carbocycles. The van der Waals surface area contributed by atoms with Crippen LogP contribution in [0.1, 0.15) is 52.4 Å². The van der Waals surface area contributed by atoms with Crippen LogP contribution in [0.5, 0.6) is 0 Å². The highest BCUT2D eigenvalue weighted by atomic mass is 28.3. The van der Waals surface area contributed by atoms with Gasteiger partial charge in [0, 0.05) is 8.80 Å². The highest BCUT2D eigenvalue weighted by Gasteiger charge is 2.38. The maximum atomic E-state index is 2.54. The number of hydrogen-bond acceptors (Lipinski definition) is 0. The number of hydrogen-bond donors (Lipinski definition) is 0. The summed E-state index contributed by atoms with van der Waals surface area (Å²) in [7, 11) is -0.501. The molecule has 0 N–H and O–H groups in total. The van der Waals surface area contributed by atoms with Crippen LogP contribution in [-0.4, -0.2) is 8.80 Å². The van der Waals surface area contributed by atoms with Gasteiger partial charge in [-0.25, -0.2) is 0 Å². The third-order valence-electron chi connectivity index (χ3n) is 5.09. The summed E-state index contributed by atoms with van der Waals surface area (Å²) in [6.07, 6.45) is 18.4. The van der Waals surface area contributed by atoms with E-state index in [-0.39, 0.29) is 0 Å². The largest absolute Gasteiger partial charge is 0.0809 e. The third kappa shape index (κ3) is 3.37. The minimum atomic E-state index is -0.501. The van der Waals surface area contributed by atoms with Gasteiger partial charge in [-0.15, -0.1) is 0 Å². The molecule has 0 radical (unpaired) electrons. The van der Waals surface area contributed by atoms with Gasteiger partial charge in [0.25, 0.3) is 0 Å². The second-order valence-corrected chi connectivity index (χ2v) is 9.83. The Morgan fingerprint density at radius 3 is 2.28 bits per heavy atom. The van der Waals surface area contributed by atoms with E-state index >= 15 is 0 Å². The van der Waals surface area contributed by atoms with Gasteiger partial charge in [-0.3, -0.25) is 0 Å². The predicted octanol–water partition coefficient (Wildman–Crippen LogP) is 5.34. The van der Waals surface area contributed by atoms with Crippen molar-refractivity contribution in [1.82, 2.24) is 0 Å². The van der Waals surface area contributed by atoms with Gasteiger partial charge < -0.3 is 0 Å². The molecule has 0 nitrogen and oxygen atoms in total. The zero-order valence-electron chi connectivity index (χ0n) is 12.3. The van der Waals surface area contributed by atoms with Crippen molar-refractivity contribution in [3.05, 3.63) is 24.3 Å². The Hall–Kier alpha value is -0.303. The van der Waals surface area contributed by atoms with Crippen LogP contribution in [0, 0.1) is 11.8 Å². The van der Waals surface area contributed by atoms with Crippen LogP contribution in [0.4, 0.5) is 0 Å². The Bertz CT molecular complexity index is 284. The van der Waals surface area contributed by atoms with Crippen molar-refractivity contribution in [2.75, 3.05) is 0 Å². The van der Waals surface area contributed by atoms with Crippen LogP contribution in [-0.2, 0) is 0 Å². The molecular formula is C17H30Si. The van der Waals surface area contributed by atoms with E-state index in [4.69, 9.17) is 0 Å². The molecule has 3 unspecified atom stereocenters. The van der Waals surface area contributed by atoms with E-state index in [0.29, 0.717) is 0 Å². The van der Waals surface area contributed by atoms with Crippen molar-refractivity contribution in [3.63, 3.8) is 0 Å². The minimum absolute atomic E-state index is 0.501. The van der Waals surface area contributed by atoms with Crippen molar-refractivity contribution in [2.45, 2.75) is 70.0 Å². The molecule has 0 bridgehead atoms. The van der Waals surface area contributed by atoms with Gasteiger partial charge in [0.1, 0.15) is 0 Å². The Morgan fingerprint density at radius 1 is 0.944 bits per heavy atom. The lowest BCUT2D eigenvalue weighted by molar-refractivity contribution is 0.544. The fourth-order valence-electron chi connectivity index (χ4n) is 4.05. The van der Waals surface area contributed by atoms with Gasteiger partial charge in [-0.1, -0.05) is 82.3 Å². The zero-order valence-corrected chi connectivity index (χ0v) is 13.4. The van der Waals surface area contributed by atoms with Crippen molar-refractivity contribution in [1.29, 1.82) is 0 Å². The van der Waals surface area contributed by atoms with Gasteiger partial charge in [0.05, 0.1) is 0 Å². The Balaban J connectivity index is 1.96. The first-order valence-electron chi connectivity index (χ1n) is 8.21. The summed E-state index contributed by atoms with van der Waals surface area (Å²) < 4.78 is 0.